The fourth-order valence-corrected chi connectivity index (χ4v) is 3.45. The van der Waals surface area contributed by atoms with Gasteiger partial charge in [0.15, 0.2) is 0 Å². The normalized spacial score (nSPS) is 13.7. The van der Waals surface area contributed by atoms with Crippen LogP contribution >= 0.6 is 0 Å². The minimum atomic E-state index is -0.388. The fraction of sp³-hybridized carbons (Fsp3) is 0.320. The molecule has 33 heavy (non-hydrogen) atoms. The Labute approximate surface area is 193 Å². The molecule has 0 spiro atoms. The predicted octanol–water partition coefficient (Wildman–Crippen LogP) is 3.66. The highest BCUT2D eigenvalue weighted by molar-refractivity contribution is 6.36. The number of amides is 3. The summed E-state index contributed by atoms with van der Waals surface area (Å²) in [5.74, 6) is -0.260. The number of nitrogens with zero attached hydrogens (tertiary/aromatic N) is 1. The van der Waals surface area contributed by atoms with E-state index in [1.165, 1.54) is 11.8 Å². The second-order valence-corrected chi connectivity index (χ2v) is 7.90. The first kappa shape index (κ1) is 24.0. The van der Waals surface area contributed by atoms with Crippen LogP contribution in [0, 0.1) is 0 Å². The van der Waals surface area contributed by atoms with E-state index < -0.39 is 0 Å². The Kier molecular flexibility index (Phi) is 7.84. The zero-order chi connectivity index (χ0) is 24.0. The Balaban J connectivity index is 1.89. The van der Waals surface area contributed by atoms with E-state index in [9.17, 15) is 14.4 Å². The highest BCUT2D eigenvalue weighted by Crippen LogP contribution is 2.31. The number of carbonyl (C=O) groups excluding carboxylic acids is 3. The first-order valence-corrected chi connectivity index (χ1v) is 10.8. The molecular formula is C25H29N3O5. The lowest BCUT2D eigenvalue weighted by Crippen LogP contribution is -2.34. The van der Waals surface area contributed by atoms with Crippen LogP contribution in [0.15, 0.2) is 54.2 Å². The molecule has 1 heterocycles. The van der Waals surface area contributed by atoms with Gasteiger partial charge in [-0.2, -0.15) is 0 Å². The van der Waals surface area contributed by atoms with Gasteiger partial charge in [-0.1, -0.05) is 12.1 Å². The number of anilines is 2. The van der Waals surface area contributed by atoms with Crippen LogP contribution in [0.1, 0.15) is 32.8 Å². The Morgan fingerprint density at radius 1 is 0.970 bits per heavy atom. The summed E-state index contributed by atoms with van der Waals surface area (Å²) in [4.78, 5) is 39.1. The number of hydrogen-bond acceptors (Lipinski definition) is 6. The van der Waals surface area contributed by atoms with Gasteiger partial charge in [0.25, 0.3) is 11.8 Å². The van der Waals surface area contributed by atoms with Gasteiger partial charge in [-0.05, 0) is 62.2 Å². The van der Waals surface area contributed by atoms with Crippen molar-refractivity contribution in [1.29, 1.82) is 0 Å². The van der Waals surface area contributed by atoms with E-state index in [0.717, 1.165) is 0 Å². The van der Waals surface area contributed by atoms with Crippen molar-refractivity contribution in [3.8, 4) is 5.75 Å². The Hall–Kier alpha value is -3.65. The molecule has 0 fully saturated rings. The van der Waals surface area contributed by atoms with Crippen molar-refractivity contribution >= 4 is 34.7 Å². The summed E-state index contributed by atoms with van der Waals surface area (Å²) >= 11 is 0. The van der Waals surface area contributed by atoms with Crippen LogP contribution < -0.4 is 15.4 Å². The molecule has 2 N–H and O–H groups in total. The lowest BCUT2D eigenvalue weighted by Gasteiger charge is -2.16. The topological polar surface area (TPSA) is 97.0 Å². The monoisotopic (exact) mass is 451 g/mol. The number of methoxy groups -OCH3 is 1. The van der Waals surface area contributed by atoms with E-state index in [4.69, 9.17) is 9.47 Å². The summed E-state index contributed by atoms with van der Waals surface area (Å²) in [5.41, 5.74) is 2.34. The van der Waals surface area contributed by atoms with Gasteiger partial charge in [0.05, 0.1) is 18.8 Å². The van der Waals surface area contributed by atoms with E-state index in [0.29, 0.717) is 35.7 Å². The zero-order valence-corrected chi connectivity index (χ0v) is 19.3. The smallest absolute Gasteiger partial charge is 0.278 e. The third-order valence-electron chi connectivity index (χ3n) is 5.00. The molecule has 0 saturated carbocycles. The molecule has 1 aliphatic rings. The van der Waals surface area contributed by atoms with E-state index in [-0.39, 0.29) is 41.6 Å². The first-order chi connectivity index (χ1) is 15.8. The number of benzene rings is 2. The molecule has 0 bridgehead atoms. The van der Waals surface area contributed by atoms with Gasteiger partial charge in [-0.3, -0.25) is 19.3 Å². The highest BCUT2D eigenvalue weighted by Gasteiger charge is 2.38. The summed E-state index contributed by atoms with van der Waals surface area (Å²) in [5, 5.41) is 5.82. The summed E-state index contributed by atoms with van der Waals surface area (Å²) in [7, 11) is 1.58. The molecule has 8 nitrogen and oxygen atoms in total. The molecule has 1 aliphatic heterocycles. The van der Waals surface area contributed by atoms with Crippen LogP contribution in [0.2, 0.25) is 0 Å². The van der Waals surface area contributed by atoms with Crippen molar-refractivity contribution in [2.75, 3.05) is 30.9 Å². The maximum atomic E-state index is 13.3. The molecule has 0 saturated heterocycles. The Bertz CT molecular complexity index is 1040. The molecule has 0 aromatic heterocycles. The minimum absolute atomic E-state index is 0.0816. The van der Waals surface area contributed by atoms with Crippen LogP contribution in [0.25, 0.3) is 5.57 Å². The lowest BCUT2D eigenvalue weighted by molar-refractivity contribution is -0.137. The number of nitrogens with one attached hydrogen (secondary N) is 2. The summed E-state index contributed by atoms with van der Waals surface area (Å²) in [6, 6.07) is 13.9. The van der Waals surface area contributed by atoms with Crippen LogP contribution in [0.5, 0.6) is 5.75 Å². The van der Waals surface area contributed by atoms with E-state index in [2.05, 4.69) is 10.6 Å². The van der Waals surface area contributed by atoms with Crippen LogP contribution in [0.4, 0.5) is 11.4 Å². The minimum Gasteiger partial charge on any atom is -0.497 e. The number of ether oxygens (including phenoxy) is 2. The largest absolute Gasteiger partial charge is 0.497 e. The number of carbonyl (C=O) groups is 3. The molecule has 174 valence electrons. The quantitative estimate of drug-likeness (QED) is 0.423. The van der Waals surface area contributed by atoms with Crippen LogP contribution in [0.3, 0.4) is 0 Å². The lowest BCUT2D eigenvalue weighted by atomic mass is 10.0. The second-order valence-electron chi connectivity index (χ2n) is 7.90. The van der Waals surface area contributed by atoms with Gasteiger partial charge in [0, 0.05) is 31.5 Å². The van der Waals surface area contributed by atoms with Gasteiger partial charge in [-0.25, -0.2) is 0 Å². The van der Waals surface area contributed by atoms with Crippen LogP contribution in [-0.2, 0) is 19.1 Å². The van der Waals surface area contributed by atoms with Crippen molar-refractivity contribution < 1.29 is 23.9 Å². The van der Waals surface area contributed by atoms with Gasteiger partial charge in [-0.15, -0.1) is 0 Å². The maximum absolute atomic E-state index is 13.3. The fourth-order valence-electron chi connectivity index (χ4n) is 3.45. The third-order valence-corrected chi connectivity index (χ3v) is 5.00. The van der Waals surface area contributed by atoms with E-state index in [1.54, 1.807) is 55.6 Å². The Morgan fingerprint density at radius 2 is 1.61 bits per heavy atom. The molecule has 0 unspecified atom stereocenters. The number of rotatable bonds is 10. The summed E-state index contributed by atoms with van der Waals surface area (Å²) < 4.78 is 10.7. The second kappa shape index (κ2) is 10.8. The standard InChI is InChI=1S/C25H29N3O5/c1-16(2)33-15-5-14-28-24(30)22(18-6-8-19(9-7-18)26-17(3)29)23(25(28)31)27-20-10-12-21(32-4)13-11-20/h6-13,16,27H,5,14-15H2,1-4H3,(H,26,29). The van der Waals surface area contributed by atoms with Gasteiger partial charge in [0.1, 0.15) is 11.4 Å². The molecule has 3 amide bonds. The summed E-state index contributed by atoms with van der Waals surface area (Å²) in [6.45, 7) is 6.01. The number of imide groups is 1. The van der Waals surface area contributed by atoms with Gasteiger partial charge in [0.2, 0.25) is 5.91 Å². The van der Waals surface area contributed by atoms with E-state index >= 15 is 0 Å². The average Bonchev–Trinajstić information content (AvgIpc) is 3.01. The first-order valence-electron chi connectivity index (χ1n) is 10.8. The SMILES string of the molecule is COc1ccc(NC2=C(c3ccc(NC(C)=O)cc3)C(=O)N(CCCOC(C)C)C2=O)cc1. The van der Waals surface area contributed by atoms with Gasteiger partial charge >= 0.3 is 0 Å². The molecule has 0 atom stereocenters. The van der Waals surface area contributed by atoms with Gasteiger partial charge < -0.3 is 20.1 Å². The number of hydrogen-bond donors (Lipinski definition) is 2. The molecule has 8 heteroatoms. The average molecular weight is 452 g/mol. The van der Waals surface area contributed by atoms with Crippen molar-refractivity contribution in [3.63, 3.8) is 0 Å². The van der Waals surface area contributed by atoms with Crippen molar-refractivity contribution in [2.45, 2.75) is 33.3 Å². The molecule has 3 rings (SSSR count). The third kappa shape index (κ3) is 5.98. The van der Waals surface area contributed by atoms with E-state index in [1.807, 2.05) is 13.8 Å². The van der Waals surface area contributed by atoms with Crippen molar-refractivity contribution in [3.05, 3.63) is 59.8 Å². The molecular weight excluding hydrogens is 422 g/mol. The molecule has 0 aliphatic carbocycles. The molecule has 2 aromatic rings. The Morgan fingerprint density at radius 3 is 2.18 bits per heavy atom. The van der Waals surface area contributed by atoms with Crippen molar-refractivity contribution in [1.82, 2.24) is 4.90 Å². The van der Waals surface area contributed by atoms with Crippen molar-refractivity contribution in [2.24, 2.45) is 0 Å². The summed E-state index contributed by atoms with van der Waals surface area (Å²) in [6.07, 6.45) is 0.623. The highest BCUT2D eigenvalue weighted by atomic mass is 16.5. The zero-order valence-electron chi connectivity index (χ0n) is 19.3. The molecule has 0 radical (unpaired) electrons. The predicted molar refractivity (Wildman–Crippen MR) is 127 cm³/mol. The maximum Gasteiger partial charge on any atom is 0.278 e. The molecule has 2 aromatic carbocycles. The van der Waals surface area contributed by atoms with Crippen LogP contribution in [-0.4, -0.2) is 49.0 Å².